The number of carbonyl (C=O) groups is 2. The van der Waals surface area contributed by atoms with Crippen LogP contribution in [0.25, 0.3) is 0 Å². The summed E-state index contributed by atoms with van der Waals surface area (Å²) in [4.78, 5) is 22.5. The molecule has 0 aliphatic carbocycles. The highest BCUT2D eigenvalue weighted by Gasteiger charge is 2.13. The summed E-state index contributed by atoms with van der Waals surface area (Å²) in [6, 6.07) is 6.71. The van der Waals surface area contributed by atoms with Crippen molar-refractivity contribution in [1.82, 2.24) is 5.32 Å². The van der Waals surface area contributed by atoms with Crippen molar-refractivity contribution in [3.8, 4) is 0 Å². The lowest BCUT2D eigenvalue weighted by Gasteiger charge is -2.10. The standard InChI is InChI=1S/C13H18N2O2/c1-3-4-10-5-7-11(8-6-10)13(17)15-9(2)12(14)16/h5-9H,3-4H2,1-2H3,(H2,14,16)(H,15,17). The van der Waals surface area contributed by atoms with Gasteiger partial charge in [-0.05, 0) is 31.0 Å². The van der Waals surface area contributed by atoms with Crippen molar-refractivity contribution in [3.63, 3.8) is 0 Å². The minimum absolute atomic E-state index is 0.278. The molecule has 0 bridgehead atoms. The van der Waals surface area contributed by atoms with E-state index in [9.17, 15) is 9.59 Å². The van der Waals surface area contributed by atoms with Crippen LogP contribution in [0.3, 0.4) is 0 Å². The Hall–Kier alpha value is -1.84. The van der Waals surface area contributed by atoms with Crippen molar-refractivity contribution in [3.05, 3.63) is 35.4 Å². The third-order valence-corrected chi connectivity index (χ3v) is 2.53. The van der Waals surface area contributed by atoms with Crippen molar-refractivity contribution in [2.24, 2.45) is 5.73 Å². The van der Waals surface area contributed by atoms with E-state index >= 15 is 0 Å². The van der Waals surface area contributed by atoms with Crippen molar-refractivity contribution < 1.29 is 9.59 Å². The van der Waals surface area contributed by atoms with Crippen LogP contribution < -0.4 is 11.1 Å². The molecule has 0 heterocycles. The van der Waals surface area contributed by atoms with Gasteiger partial charge >= 0.3 is 0 Å². The molecule has 4 nitrogen and oxygen atoms in total. The van der Waals surface area contributed by atoms with Crippen LogP contribution in [0, 0.1) is 0 Å². The fourth-order valence-corrected chi connectivity index (χ4v) is 1.46. The highest BCUT2D eigenvalue weighted by atomic mass is 16.2. The zero-order valence-corrected chi connectivity index (χ0v) is 10.2. The number of carbonyl (C=O) groups excluding carboxylic acids is 2. The van der Waals surface area contributed by atoms with E-state index in [0.717, 1.165) is 12.8 Å². The van der Waals surface area contributed by atoms with Gasteiger partial charge in [0.25, 0.3) is 5.91 Å². The zero-order valence-electron chi connectivity index (χ0n) is 10.2. The molecule has 0 saturated carbocycles. The quantitative estimate of drug-likeness (QED) is 0.804. The summed E-state index contributed by atoms with van der Waals surface area (Å²) in [5, 5.41) is 2.53. The largest absolute Gasteiger partial charge is 0.368 e. The molecule has 0 saturated heterocycles. The topological polar surface area (TPSA) is 72.2 Å². The number of benzene rings is 1. The van der Waals surface area contributed by atoms with Gasteiger partial charge in [0, 0.05) is 5.56 Å². The first-order chi connectivity index (χ1) is 8.04. The molecule has 0 aromatic heterocycles. The maximum atomic E-state index is 11.7. The van der Waals surface area contributed by atoms with Gasteiger partial charge in [-0.15, -0.1) is 0 Å². The van der Waals surface area contributed by atoms with Crippen LogP contribution >= 0.6 is 0 Å². The van der Waals surface area contributed by atoms with Gasteiger partial charge in [-0.25, -0.2) is 0 Å². The number of primary amides is 1. The highest BCUT2D eigenvalue weighted by molar-refractivity contribution is 5.97. The molecular weight excluding hydrogens is 216 g/mol. The molecule has 0 aliphatic rings. The average molecular weight is 234 g/mol. The Morgan fingerprint density at radius 2 is 1.88 bits per heavy atom. The Bertz CT molecular complexity index is 398. The van der Waals surface area contributed by atoms with Crippen LogP contribution in [0.5, 0.6) is 0 Å². The van der Waals surface area contributed by atoms with Crippen molar-refractivity contribution in [1.29, 1.82) is 0 Å². The summed E-state index contributed by atoms with van der Waals surface area (Å²) in [5.74, 6) is -0.819. The van der Waals surface area contributed by atoms with E-state index < -0.39 is 11.9 Å². The summed E-state index contributed by atoms with van der Waals surface area (Å²) < 4.78 is 0. The summed E-state index contributed by atoms with van der Waals surface area (Å²) in [6.45, 7) is 3.67. The smallest absolute Gasteiger partial charge is 0.251 e. The minimum Gasteiger partial charge on any atom is -0.368 e. The van der Waals surface area contributed by atoms with Crippen molar-refractivity contribution in [2.75, 3.05) is 0 Å². The van der Waals surface area contributed by atoms with E-state index in [2.05, 4.69) is 12.2 Å². The van der Waals surface area contributed by atoms with Gasteiger partial charge in [-0.1, -0.05) is 25.5 Å². The Kier molecular flexibility index (Phi) is 4.69. The minimum atomic E-state index is -0.655. The Balaban J connectivity index is 2.66. The van der Waals surface area contributed by atoms with Gasteiger partial charge in [-0.2, -0.15) is 0 Å². The number of nitrogens with two attached hydrogens (primary N) is 1. The predicted octanol–water partition coefficient (Wildman–Crippen LogP) is 1.24. The number of hydrogen-bond donors (Lipinski definition) is 2. The second-order valence-corrected chi connectivity index (χ2v) is 4.04. The van der Waals surface area contributed by atoms with Crippen molar-refractivity contribution in [2.45, 2.75) is 32.7 Å². The van der Waals surface area contributed by atoms with Crippen LogP contribution in [-0.2, 0) is 11.2 Å². The summed E-state index contributed by atoms with van der Waals surface area (Å²) >= 11 is 0. The van der Waals surface area contributed by atoms with E-state index in [4.69, 9.17) is 5.73 Å². The summed E-state index contributed by atoms with van der Waals surface area (Å²) in [7, 11) is 0. The number of aryl methyl sites for hydroxylation is 1. The molecule has 1 atom stereocenters. The molecule has 1 aromatic carbocycles. The maximum absolute atomic E-state index is 11.7. The fourth-order valence-electron chi connectivity index (χ4n) is 1.46. The third-order valence-electron chi connectivity index (χ3n) is 2.53. The van der Waals surface area contributed by atoms with Gasteiger partial charge in [0.1, 0.15) is 6.04 Å². The third kappa shape index (κ3) is 3.90. The maximum Gasteiger partial charge on any atom is 0.251 e. The summed E-state index contributed by atoms with van der Waals surface area (Å²) in [5.41, 5.74) is 6.81. The van der Waals surface area contributed by atoms with Gasteiger partial charge < -0.3 is 11.1 Å². The lowest BCUT2D eigenvalue weighted by atomic mass is 10.1. The Labute approximate surface area is 101 Å². The SMILES string of the molecule is CCCc1ccc(C(=O)NC(C)C(N)=O)cc1. The fraction of sp³-hybridized carbons (Fsp3) is 0.385. The second kappa shape index (κ2) is 6.03. The molecule has 4 heteroatoms. The van der Waals surface area contributed by atoms with E-state index in [0.29, 0.717) is 5.56 Å². The van der Waals surface area contributed by atoms with Gasteiger partial charge in [0.15, 0.2) is 0 Å². The predicted molar refractivity (Wildman–Crippen MR) is 66.6 cm³/mol. The van der Waals surface area contributed by atoms with E-state index in [1.807, 2.05) is 12.1 Å². The number of rotatable bonds is 5. The molecule has 2 amide bonds. The molecule has 1 unspecified atom stereocenters. The van der Waals surface area contributed by atoms with Gasteiger partial charge in [0.05, 0.1) is 0 Å². The number of amides is 2. The first kappa shape index (κ1) is 13.2. The first-order valence-electron chi connectivity index (χ1n) is 5.73. The average Bonchev–Trinajstić information content (AvgIpc) is 2.30. The first-order valence-corrected chi connectivity index (χ1v) is 5.73. The number of nitrogens with one attached hydrogen (secondary N) is 1. The Morgan fingerprint density at radius 3 is 2.35 bits per heavy atom. The molecule has 17 heavy (non-hydrogen) atoms. The molecule has 0 fully saturated rings. The molecular formula is C13H18N2O2. The van der Waals surface area contributed by atoms with Crippen LogP contribution in [0.4, 0.5) is 0 Å². The van der Waals surface area contributed by atoms with E-state index in [1.165, 1.54) is 5.56 Å². The van der Waals surface area contributed by atoms with Gasteiger partial charge in [0.2, 0.25) is 5.91 Å². The highest BCUT2D eigenvalue weighted by Crippen LogP contribution is 2.06. The van der Waals surface area contributed by atoms with Crippen LogP contribution in [0.15, 0.2) is 24.3 Å². The van der Waals surface area contributed by atoms with Crippen LogP contribution in [-0.4, -0.2) is 17.9 Å². The Morgan fingerprint density at radius 1 is 1.29 bits per heavy atom. The lowest BCUT2D eigenvalue weighted by molar-refractivity contribution is -0.119. The second-order valence-electron chi connectivity index (χ2n) is 4.04. The zero-order chi connectivity index (χ0) is 12.8. The van der Waals surface area contributed by atoms with E-state index in [-0.39, 0.29) is 5.91 Å². The van der Waals surface area contributed by atoms with Crippen molar-refractivity contribution >= 4 is 11.8 Å². The van der Waals surface area contributed by atoms with Crippen LogP contribution in [0.2, 0.25) is 0 Å². The van der Waals surface area contributed by atoms with Gasteiger partial charge in [-0.3, -0.25) is 9.59 Å². The lowest BCUT2D eigenvalue weighted by Crippen LogP contribution is -2.42. The molecule has 0 aliphatic heterocycles. The van der Waals surface area contributed by atoms with Crippen LogP contribution in [0.1, 0.15) is 36.2 Å². The summed E-state index contributed by atoms with van der Waals surface area (Å²) in [6.07, 6.45) is 2.07. The molecule has 1 rings (SSSR count). The van der Waals surface area contributed by atoms with E-state index in [1.54, 1.807) is 19.1 Å². The monoisotopic (exact) mass is 234 g/mol. The molecule has 0 radical (unpaired) electrons. The molecule has 0 spiro atoms. The molecule has 1 aromatic rings. The molecule has 92 valence electrons. The number of hydrogen-bond acceptors (Lipinski definition) is 2. The normalized spacial score (nSPS) is 11.9. The molecule has 3 N–H and O–H groups in total.